The summed E-state index contributed by atoms with van der Waals surface area (Å²) in [5, 5.41) is 29.0. The molecule has 5 heteroatoms. The minimum absolute atomic E-state index is 0.0473. The van der Waals surface area contributed by atoms with Gasteiger partial charge in [-0.3, -0.25) is 4.79 Å². The van der Waals surface area contributed by atoms with E-state index in [1.807, 2.05) is 0 Å². The maximum absolute atomic E-state index is 12.1. The van der Waals surface area contributed by atoms with E-state index < -0.39 is 0 Å². The molecule has 0 aliphatic heterocycles. The molecule has 5 nitrogen and oxygen atoms in total. The number of hydrogen-bond acceptors (Lipinski definition) is 5. The molecule has 4 unspecified atom stereocenters. The number of ether oxygens (including phenoxy) is 1. The van der Waals surface area contributed by atoms with E-state index in [4.69, 9.17) is 4.74 Å². The Hall–Kier alpha value is -0.650. The highest BCUT2D eigenvalue weighted by Gasteiger charge is 2.28. The molecule has 0 amide bonds. The van der Waals surface area contributed by atoms with E-state index in [9.17, 15) is 20.1 Å². The Morgan fingerprint density at radius 3 is 2.03 bits per heavy atom. The van der Waals surface area contributed by atoms with Crippen LogP contribution in [-0.4, -0.2) is 47.7 Å². The van der Waals surface area contributed by atoms with Crippen LogP contribution in [0.3, 0.4) is 0 Å². The Morgan fingerprint density at radius 1 is 0.829 bits per heavy atom. The first-order chi connectivity index (χ1) is 17.0. The largest absolute Gasteiger partial charge is 0.465 e. The molecule has 4 atom stereocenters. The zero-order valence-electron chi connectivity index (χ0n) is 23.2. The average Bonchev–Trinajstić information content (AvgIpc) is 3.06. The minimum Gasteiger partial charge on any atom is -0.465 e. The van der Waals surface area contributed by atoms with Gasteiger partial charge in [0, 0.05) is 26.2 Å². The van der Waals surface area contributed by atoms with Crippen molar-refractivity contribution in [3.05, 3.63) is 0 Å². The van der Waals surface area contributed by atoms with Crippen LogP contribution in [0, 0.1) is 23.2 Å². The number of carbonyl (C=O) groups is 1. The van der Waals surface area contributed by atoms with Gasteiger partial charge in [-0.1, -0.05) is 71.6 Å². The van der Waals surface area contributed by atoms with Gasteiger partial charge in [0.05, 0.1) is 6.61 Å². The van der Waals surface area contributed by atoms with Crippen LogP contribution in [0.4, 0.5) is 0 Å². The summed E-state index contributed by atoms with van der Waals surface area (Å²) < 4.78 is 5.56. The zero-order chi connectivity index (χ0) is 25.8. The first-order valence-electron chi connectivity index (χ1n) is 14.9. The molecular weight excluding hydrogens is 440 g/mol. The number of aliphatic hydroxyl groups is 3. The molecule has 3 N–H and O–H groups in total. The second-order valence-electron chi connectivity index (χ2n) is 11.8. The summed E-state index contributed by atoms with van der Waals surface area (Å²) in [6.07, 6.45) is 20.4. The molecule has 0 spiro atoms. The van der Waals surface area contributed by atoms with Crippen LogP contribution in [0.25, 0.3) is 0 Å². The quantitative estimate of drug-likeness (QED) is 0.0919. The Labute approximate surface area is 216 Å². The maximum atomic E-state index is 12.1. The Kier molecular flexibility index (Phi) is 18.9. The monoisotopic (exact) mass is 498 g/mol. The van der Waals surface area contributed by atoms with E-state index in [1.54, 1.807) is 0 Å². The third kappa shape index (κ3) is 15.9. The van der Waals surface area contributed by atoms with Gasteiger partial charge in [-0.05, 0) is 81.0 Å². The van der Waals surface area contributed by atoms with Crippen LogP contribution >= 0.6 is 0 Å². The van der Waals surface area contributed by atoms with Gasteiger partial charge < -0.3 is 20.1 Å². The van der Waals surface area contributed by atoms with Gasteiger partial charge in [-0.2, -0.15) is 0 Å². The smallest absolute Gasteiger partial charge is 0.305 e. The number of esters is 1. The molecule has 1 aliphatic carbocycles. The normalized spacial score (nSPS) is 22.5. The molecule has 1 fully saturated rings. The van der Waals surface area contributed by atoms with Crippen LogP contribution in [0.2, 0.25) is 0 Å². The Morgan fingerprint density at radius 2 is 1.43 bits per heavy atom. The van der Waals surface area contributed by atoms with Crippen molar-refractivity contribution in [1.82, 2.24) is 0 Å². The fourth-order valence-electron chi connectivity index (χ4n) is 5.46. The first kappa shape index (κ1) is 32.4. The van der Waals surface area contributed by atoms with E-state index in [2.05, 4.69) is 13.8 Å². The van der Waals surface area contributed by atoms with E-state index in [0.717, 1.165) is 89.9 Å². The van der Waals surface area contributed by atoms with Gasteiger partial charge in [0.15, 0.2) is 0 Å². The van der Waals surface area contributed by atoms with E-state index in [-0.39, 0.29) is 31.2 Å². The minimum atomic E-state index is -0.0624. The van der Waals surface area contributed by atoms with Crippen LogP contribution in [0.5, 0.6) is 0 Å². The number of unbranched alkanes of at least 4 members (excludes halogenated alkanes) is 7. The van der Waals surface area contributed by atoms with Gasteiger partial charge in [-0.25, -0.2) is 0 Å². The predicted molar refractivity (Wildman–Crippen MR) is 144 cm³/mol. The van der Waals surface area contributed by atoms with Crippen LogP contribution in [-0.2, 0) is 9.53 Å². The maximum Gasteiger partial charge on any atom is 0.305 e. The Bertz CT molecular complexity index is 511. The fraction of sp³-hybridized carbons (Fsp3) is 0.967. The average molecular weight is 499 g/mol. The molecule has 1 rings (SSSR count). The standard InChI is InChI=1S/C30H58O5/c1-3-4-5-9-13-26(22-31)17-18-27(23-32)14-10-7-6-8-11-16-29(34)35-24-28-15-12-20-30(2,25-33)21-19-28/h26-28,31-33H,3-25H2,1-2H3. The predicted octanol–water partition coefficient (Wildman–Crippen LogP) is 6.81. The lowest BCUT2D eigenvalue weighted by molar-refractivity contribution is -0.145. The van der Waals surface area contributed by atoms with Gasteiger partial charge in [-0.15, -0.1) is 0 Å². The van der Waals surface area contributed by atoms with Gasteiger partial charge >= 0.3 is 5.97 Å². The topological polar surface area (TPSA) is 87.0 Å². The van der Waals surface area contributed by atoms with Crippen LogP contribution in [0.15, 0.2) is 0 Å². The van der Waals surface area contributed by atoms with Crippen LogP contribution in [0.1, 0.15) is 136 Å². The van der Waals surface area contributed by atoms with E-state index in [1.165, 1.54) is 25.7 Å². The molecule has 0 aromatic heterocycles. The number of carbonyl (C=O) groups excluding carboxylic acids is 1. The van der Waals surface area contributed by atoms with Crippen molar-refractivity contribution in [2.45, 2.75) is 136 Å². The summed E-state index contributed by atoms with van der Waals surface area (Å²) in [6, 6.07) is 0. The lowest BCUT2D eigenvalue weighted by Crippen LogP contribution is -2.20. The molecule has 35 heavy (non-hydrogen) atoms. The fourth-order valence-corrected chi connectivity index (χ4v) is 5.46. The molecule has 0 heterocycles. The summed E-state index contributed by atoms with van der Waals surface area (Å²) in [4.78, 5) is 12.1. The second-order valence-corrected chi connectivity index (χ2v) is 11.8. The molecule has 0 bridgehead atoms. The summed E-state index contributed by atoms with van der Waals surface area (Å²) in [7, 11) is 0. The highest BCUT2D eigenvalue weighted by molar-refractivity contribution is 5.69. The second kappa shape index (κ2) is 20.4. The zero-order valence-corrected chi connectivity index (χ0v) is 23.2. The van der Waals surface area contributed by atoms with Gasteiger partial charge in [0.25, 0.3) is 0 Å². The van der Waals surface area contributed by atoms with Crippen molar-refractivity contribution in [3.8, 4) is 0 Å². The molecule has 1 aliphatic rings. The van der Waals surface area contributed by atoms with Crippen molar-refractivity contribution in [3.63, 3.8) is 0 Å². The number of hydrogen-bond donors (Lipinski definition) is 3. The van der Waals surface area contributed by atoms with Crippen LogP contribution < -0.4 is 0 Å². The third-order valence-electron chi connectivity index (χ3n) is 8.37. The molecule has 0 aromatic rings. The highest BCUT2D eigenvalue weighted by atomic mass is 16.5. The van der Waals surface area contributed by atoms with Crippen molar-refractivity contribution >= 4 is 5.97 Å². The lowest BCUT2D eigenvalue weighted by Gasteiger charge is -2.25. The number of rotatable bonds is 21. The van der Waals surface area contributed by atoms with E-state index >= 15 is 0 Å². The SMILES string of the molecule is CCCCCCC(CO)CCC(CO)CCCCCCCC(=O)OCC1CCCC(C)(CO)CC1. The van der Waals surface area contributed by atoms with Crippen molar-refractivity contribution in [2.24, 2.45) is 23.2 Å². The number of aliphatic hydroxyl groups excluding tert-OH is 3. The summed E-state index contributed by atoms with van der Waals surface area (Å²) >= 11 is 0. The van der Waals surface area contributed by atoms with Gasteiger partial charge in [0.1, 0.15) is 0 Å². The first-order valence-corrected chi connectivity index (χ1v) is 14.9. The molecular formula is C30H58O5. The molecule has 208 valence electrons. The molecule has 0 aromatic carbocycles. The lowest BCUT2D eigenvalue weighted by atomic mass is 9.83. The highest BCUT2D eigenvalue weighted by Crippen LogP contribution is 2.36. The molecule has 0 saturated heterocycles. The molecule has 0 radical (unpaired) electrons. The summed E-state index contributed by atoms with van der Waals surface area (Å²) in [5.74, 6) is 1.13. The third-order valence-corrected chi connectivity index (χ3v) is 8.37. The van der Waals surface area contributed by atoms with Crippen molar-refractivity contribution < 1.29 is 24.9 Å². The van der Waals surface area contributed by atoms with Crippen molar-refractivity contribution in [2.75, 3.05) is 26.4 Å². The summed E-state index contributed by atoms with van der Waals surface area (Å²) in [5.41, 5.74) is 0.0473. The van der Waals surface area contributed by atoms with Crippen molar-refractivity contribution in [1.29, 1.82) is 0 Å². The van der Waals surface area contributed by atoms with E-state index in [0.29, 0.717) is 30.8 Å². The summed E-state index contributed by atoms with van der Waals surface area (Å²) in [6.45, 7) is 5.70. The molecule has 1 saturated carbocycles. The van der Waals surface area contributed by atoms with Gasteiger partial charge in [0.2, 0.25) is 0 Å². The Balaban J connectivity index is 2.04.